The summed E-state index contributed by atoms with van der Waals surface area (Å²) in [6, 6.07) is 3.60. The van der Waals surface area contributed by atoms with E-state index in [-0.39, 0.29) is 18.1 Å². The van der Waals surface area contributed by atoms with Crippen LogP contribution in [0.25, 0.3) is 0 Å². The van der Waals surface area contributed by atoms with Gasteiger partial charge in [-0.1, -0.05) is 6.42 Å². The Kier molecular flexibility index (Phi) is 4.88. The quantitative estimate of drug-likeness (QED) is 0.791. The average Bonchev–Trinajstić information content (AvgIpc) is 3.26. The summed E-state index contributed by atoms with van der Waals surface area (Å²) in [7, 11) is 1.67. The lowest BCUT2D eigenvalue weighted by molar-refractivity contribution is 0.0652. The minimum absolute atomic E-state index is 0.000508. The van der Waals surface area contributed by atoms with Gasteiger partial charge in [-0.2, -0.15) is 0 Å². The van der Waals surface area contributed by atoms with Crippen LogP contribution in [0, 0.1) is 0 Å². The van der Waals surface area contributed by atoms with Crippen molar-refractivity contribution in [2.24, 2.45) is 0 Å². The number of carbonyl (C=O) groups excluding carboxylic acids is 1. The summed E-state index contributed by atoms with van der Waals surface area (Å²) in [4.78, 5) is 23.2. The van der Waals surface area contributed by atoms with Crippen LogP contribution in [0.5, 0.6) is 5.75 Å². The van der Waals surface area contributed by atoms with Crippen LogP contribution in [0.15, 0.2) is 35.2 Å². The zero-order chi connectivity index (χ0) is 17.9. The molecule has 0 spiro atoms. The SMILES string of the molecule is CO[C@@H]1C[C@@H](COc2cccnc2)N(C(=O)c2coc(C3CCC3)n2)C1. The molecule has 1 aliphatic heterocycles. The van der Waals surface area contributed by atoms with Gasteiger partial charge in [-0.15, -0.1) is 0 Å². The van der Waals surface area contributed by atoms with Crippen LogP contribution < -0.4 is 4.74 Å². The van der Waals surface area contributed by atoms with Gasteiger partial charge in [0.1, 0.15) is 18.6 Å². The standard InChI is InChI=1S/C19H23N3O4/c1-24-16-8-14(11-25-15-6-3-7-20-9-15)22(10-16)19(23)17-12-26-18(21-17)13-4-2-5-13/h3,6-7,9,12-14,16H,2,4-5,8,10-11H2,1H3/t14-,16+/m0/s1. The summed E-state index contributed by atoms with van der Waals surface area (Å²) < 4.78 is 16.8. The lowest BCUT2D eigenvalue weighted by Crippen LogP contribution is -2.39. The molecule has 1 aliphatic carbocycles. The molecule has 7 heteroatoms. The smallest absolute Gasteiger partial charge is 0.276 e. The second-order valence-electron chi connectivity index (χ2n) is 6.90. The number of methoxy groups -OCH3 is 1. The molecule has 0 aromatic carbocycles. The lowest BCUT2D eigenvalue weighted by atomic mass is 9.85. The minimum Gasteiger partial charge on any atom is -0.490 e. The number of rotatable bonds is 6. The molecule has 2 fully saturated rings. The van der Waals surface area contributed by atoms with Gasteiger partial charge in [0.2, 0.25) is 0 Å². The Hall–Kier alpha value is -2.41. The molecular weight excluding hydrogens is 334 g/mol. The van der Waals surface area contributed by atoms with Crippen molar-refractivity contribution < 1.29 is 18.7 Å². The van der Waals surface area contributed by atoms with E-state index in [4.69, 9.17) is 13.9 Å². The van der Waals surface area contributed by atoms with E-state index in [1.165, 1.54) is 12.7 Å². The first kappa shape index (κ1) is 17.0. The second-order valence-corrected chi connectivity index (χ2v) is 6.90. The number of oxazole rings is 1. The Morgan fingerprint density at radius 2 is 2.31 bits per heavy atom. The number of carbonyl (C=O) groups is 1. The van der Waals surface area contributed by atoms with Crippen molar-refractivity contribution >= 4 is 5.91 Å². The molecule has 2 aromatic rings. The Bertz CT molecular complexity index is 744. The maximum Gasteiger partial charge on any atom is 0.276 e. The number of hydrogen-bond donors (Lipinski definition) is 0. The normalized spacial score (nSPS) is 23.0. The average molecular weight is 357 g/mol. The number of ether oxygens (including phenoxy) is 2. The monoisotopic (exact) mass is 357 g/mol. The molecule has 26 heavy (non-hydrogen) atoms. The van der Waals surface area contributed by atoms with Crippen molar-refractivity contribution in [2.75, 3.05) is 20.3 Å². The molecule has 0 unspecified atom stereocenters. The summed E-state index contributed by atoms with van der Waals surface area (Å²) in [6.07, 6.45) is 8.95. The number of likely N-dealkylation sites (tertiary alicyclic amines) is 1. The topological polar surface area (TPSA) is 77.7 Å². The van der Waals surface area contributed by atoms with E-state index >= 15 is 0 Å². The van der Waals surface area contributed by atoms with Crippen LogP contribution in [0.3, 0.4) is 0 Å². The first-order valence-electron chi connectivity index (χ1n) is 9.06. The predicted octanol–water partition coefficient (Wildman–Crippen LogP) is 2.65. The van der Waals surface area contributed by atoms with Gasteiger partial charge in [-0.05, 0) is 31.4 Å². The minimum atomic E-state index is -0.126. The van der Waals surface area contributed by atoms with Crippen LogP contribution in [0.4, 0.5) is 0 Å². The molecule has 0 radical (unpaired) electrons. The first-order valence-corrected chi connectivity index (χ1v) is 9.06. The molecule has 1 saturated carbocycles. The van der Waals surface area contributed by atoms with Gasteiger partial charge in [0.05, 0.1) is 18.3 Å². The number of pyridine rings is 1. The molecule has 138 valence electrons. The van der Waals surface area contributed by atoms with Crippen LogP contribution in [0.2, 0.25) is 0 Å². The van der Waals surface area contributed by atoms with Crippen LogP contribution in [0.1, 0.15) is 48.0 Å². The molecule has 0 bridgehead atoms. The largest absolute Gasteiger partial charge is 0.490 e. The van der Waals surface area contributed by atoms with Crippen molar-refractivity contribution in [2.45, 2.75) is 43.7 Å². The van der Waals surface area contributed by atoms with Gasteiger partial charge in [-0.25, -0.2) is 4.98 Å². The fraction of sp³-hybridized carbons (Fsp3) is 0.526. The third kappa shape index (κ3) is 3.44. The molecule has 0 N–H and O–H groups in total. The number of amides is 1. The molecule has 1 amide bonds. The predicted molar refractivity (Wildman–Crippen MR) is 93.1 cm³/mol. The highest BCUT2D eigenvalue weighted by Gasteiger charge is 2.37. The summed E-state index contributed by atoms with van der Waals surface area (Å²) in [5.74, 6) is 1.62. The van der Waals surface area contributed by atoms with E-state index in [1.807, 2.05) is 12.1 Å². The molecular formula is C19H23N3O4. The van der Waals surface area contributed by atoms with Crippen molar-refractivity contribution in [3.63, 3.8) is 0 Å². The Labute approximate surface area is 152 Å². The number of hydrogen-bond acceptors (Lipinski definition) is 6. The van der Waals surface area contributed by atoms with E-state index in [9.17, 15) is 4.79 Å². The van der Waals surface area contributed by atoms with Crippen molar-refractivity contribution in [3.8, 4) is 5.75 Å². The van der Waals surface area contributed by atoms with E-state index in [1.54, 1.807) is 24.4 Å². The highest BCUT2D eigenvalue weighted by atomic mass is 16.5. The Morgan fingerprint density at radius 1 is 1.42 bits per heavy atom. The molecule has 2 aromatic heterocycles. The highest BCUT2D eigenvalue weighted by molar-refractivity contribution is 5.92. The van der Waals surface area contributed by atoms with E-state index in [2.05, 4.69) is 9.97 Å². The summed E-state index contributed by atoms with van der Waals surface area (Å²) >= 11 is 0. The summed E-state index contributed by atoms with van der Waals surface area (Å²) in [6.45, 7) is 0.923. The molecule has 2 aliphatic rings. The molecule has 3 heterocycles. The van der Waals surface area contributed by atoms with Crippen LogP contribution in [-0.2, 0) is 4.74 Å². The highest BCUT2D eigenvalue weighted by Crippen LogP contribution is 2.36. The summed E-state index contributed by atoms with van der Waals surface area (Å²) in [5.41, 5.74) is 0.370. The second kappa shape index (κ2) is 7.45. The zero-order valence-electron chi connectivity index (χ0n) is 14.8. The van der Waals surface area contributed by atoms with Gasteiger partial charge in [-0.3, -0.25) is 9.78 Å². The van der Waals surface area contributed by atoms with Crippen LogP contribution >= 0.6 is 0 Å². The molecule has 1 saturated heterocycles. The van der Waals surface area contributed by atoms with Crippen molar-refractivity contribution in [1.29, 1.82) is 0 Å². The fourth-order valence-corrected chi connectivity index (χ4v) is 3.45. The van der Waals surface area contributed by atoms with Crippen molar-refractivity contribution in [3.05, 3.63) is 42.4 Å². The third-order valence-electron chi connectivity index (χ3n) is 5.24. The van der Waals surface area contributed by atoms with E-state index in [0.29, 0.717) is 36.4 Å². The van der Waals surface area contributed by atoms with Gasteiger partial charge in [0.15, 0.2) is 11.6 Å². The Morgan fingerprint density at radius 3 is 3.00 bits per heavy atom. The molecule has 2 atom stereocenters. The first-order chi connectivity index (χ1) is 12.7. The van der Waals surface area contributed by atoms with E-state index in [0.717, 1.165) is 19.3 Å². The Balaban J connectivity index is 1.44. The zero-order valence-corrected chi connectivity index (χ0v) is 14.8. The number of aromatic nitrogens is 2. The molecule has 4 rings (SSSR count). The fourth-order valence-electron chi connectivity index (χ4n) is 3.45. The lowest BCUT2D eigenvalue weighted by Gasteiger charge is -2.23. The molecule has 7 nitrogen and oxygen atoms in total. The maximum atomic E-state index is 13.0. The van der Waals surface area contributed by atoms with Gasteiger partial charge in [0.25, 0.3) is 5.91 Å². The van der Waals surface area contributed by atoms with Crippen molar-refractivity contribution in [1.82, 2.24) is 14.9 Å². The van der Waals surface area contributed by atoms with Crippen LogP contribution in [-0.4, -0.2) is 53.2 Å². The van der Waals surface area contributed by atoms with Gasteiger partial charge >= 0.3 is 0 Å². The summed E-state index contributed by atoms with van der Waals surface area (Å²) in [5, 5.41) is 0. The van der Waals surface area contributed by atoms with Gasteiger partial charge < -0.3 is 18.8 Å². The van der Waals surface area contributed by atoms with Gasteiger partial charge in [0, 0.05) is 25.8 Å². The maximum absolute atomic E-state index is 13.0. The number of nitrogens with zero attached hydrogens (tertiary/aromatic N) is 3. The van der Waals surface area contributed by atoms with E-state index < -0.39 is 0 Å². The third-order valence-corrected chi connectivity index (χ3v) is 5.24.